The van der Waals surface area contributed by atoms with Gasteiger partial charge in [0.25, 0.3) is 0 Å². The first-order valence-corrected chi connectivity index (χ1v) is 30.9. The number of fused-ring (bicyclic) bond motifs is 1. The molecule has 6 rings (SSSR count). The van der Waals surface area contributed by atoms with Gasteiger partial charge >= 0.3 is 29.8 Å². The summed E-state index contributed by atoms with van der Waals surface area (Å²) in [6.07, 6.45) is 32.3. The molecule has 84 heavy (non-hydrogen) atoms. The molecule has 3 aliphatic carbocycles. The van der Waals surface area contributed by atoms with Gasteiger partial charge in [-0.25, -0.2) is 19.6 Å². The number of hydrogen-bond donors (Lipinski definition) is 1. The number of aryl methyl sites for hydroxylation is 3. The molecule has 0 radical (unpaired) electrons. The van der Waals surface area contributed by atoms with E-state index in [9.17, 15) is 33.9 Å². The number of esters is 5. The highest BCUT2D eigenvalue weighted by Gasteiger charge is 2.33. The van der Waals surface area contributed by atoms with Crippen LogP contribution in [0.25, 0.3) is 6.08 Å². The van der Waals surface area contributed by atoms with E-state index in [0.29, 0.717) is 106 Å². The molecule has 3 aliphatic rings. The van der Waals surface area contributed by atoms with Gasteiger partial charge in [0.1, 0.15) is 29.6 Å². The van der Waals surface area contributed by atoms with Crippen molar-refractivity contribution in [2.24, 2.45) is 28.8 Å². The molecule has 16 nitrogen and oxygen atoms in total. The van der Waals surface area contributed by atoms with Crippen molar-refractivity contribution in [1.29, 1.82) is 0 Å². The van der Waals surface area contributed by atoms with Crippen LogP contribution in [-0.2, 0) is 67.0 Å². The first kappa shape index (κ1) is 65.9. The van der Waals surface area contributed by atoms with Gasteiger partial charge in [-0.15, -0.1) is 0 Å². The number of hydrogen-bond acceptors (Lipinski definition) is 17. The fourth-order valence-corrected chi connectivity index (χ4v) is 11.5. The normalized spacial score (nSPS) is 17.7. The highest BCUT2D eigenvalue weighted by molar-refractivity contribution is 7.15. The van der Waals surface area contributed by atoms with E-state index in [1.807, 2.05) is 36.4 Å². The number of ketones is 1. The van der Waals surface area contributed by atoms with Gasteiger partial charge in [-0.05, 0) is 175 Å². The second-order valence-corrected chi connectivity index (χ2v) is 22.5. The number of hydrazone groups is 1. The number of carbonyl (C=O) groups excluding carboxylic acids is 6. The third-order valence-corrected chi connectivity index (χ3v) is 16.4. The number of aliphatic hydroxyl groups is 1. The van der Waals surface area contributed by atoms with E-state index in [1.54, 1.807) is 47.7 Å². The molecule has 2 aromatic carbocycles. The van der Waals surface area contributed by atoms with Crippen LogP contribution >= 0.6 is 11.3 Å². The Labute approximate surface area is 499 Å². The second-order valence-electron chi connectivity index (χ2n) is 21.5. The minimum atomic E-state index is -0.418. The molecule has 0 bridgehead atoms. The topological polar surface area (TPSA) is 207 Å². The van der Waals surface area contributed by atoms with Crippen molar-refractivity contribution in [2.75, 3.05) is 44.6 Å². The van der Waals surface area contributed by atoms with E-state index in [-0.39, 0.29) is 73.6 Å². The van der Waals surface area contributed by atoms with E-state index in [0.717, 1.165) is 106 Å². The van der Waals surface area contributed by atoms with Crippen LogP contribution in [0, 0.1) is 23.7 Å². The predicted octanol–water partition coefficient (Wildman–Crippen LogP) is 12.6. The minimum Gasteiger partial charge on any atom is -0.494 e. The Hall–Kier alpha value is -7.24. The van der Waals surface area contributed by atoms with Gasteiger partial charge in [0.05, 0.1) is 62.6 Å². The van der Waals surface area contributed by atoms with Crippen molar-refractivity contribution < 1.29 is 62.3 Å². The maximum atomic E-state index is 13.8. The molecule has 2 fully saturated rings. The van der Waals surface area contributed by atoms with Crippen LogP contribution in [0.3, 0.4) is 0 Å². The number of nitrogens with zero attached hydrogens (tertiary/aromatic N) is 3. The molecule has 1 aromatic heterocycles. The molecule has 0 spiro atoms. The molecule has 2 saturated carbocycles. The summed E-state index contributed by atoms with van der Waals surface area (Å²) in [5.41, 5.74) is 3.58. The van der Waals surface area contributed by atoms with Gasteiger partial charge in [-0.2, -0.15) is 5.10 Å². The van der Waals surface area contributed by atoms with Crippen LogP contribution in [-0.4, -0.2) is 91.5 Å². The molecule has 3 aromatic rings. The minimum absolute atomic E-state index is 0.0702. The third kappa shape index (κ3) is 23.1. The number of rotatable bonds is 37. The van der Waals surface area contributed by atoms with Crippen LogP contribution in [0.2, 0.25) is 0 Å². The van der Waals surface area contributed by atoms with E-state index in [4.69, 9.17) is 38.5 Å². The molecule has 0 atom stereocenters. The maximum Gasteiger partial charge on any atom is 0.330 e. The van der Waals surface area contributed by atoms with Gasteiger partial charge in [0, 0.05) is 34.9 Å². The summed E-state index contributed by atoms with van der Waals surface area (Å²) >= 11 is 1.54. The van der Waals surface area contributed by atoms with Crippen molar-refractivity contribution >= 4 is 64.4 Å². The van der Waals surface area contributed by atoms with Crippen LogP contribution in [0.5, 0.6) is 11.5 Å². The first-order valence-electron chi connectivity index (χ1n) is 30.1. The summed E-state index contributed by atoms with van der Waals surface area (Å²) in [5, 5.41) is 17.2. The van der Waals surface area contributed by atoms with E-state index < -0.39 is 11.9 Å². The lowest BCUT2D eigenvalue weighted by Gasteiger charge is -2.26. The van der Waals surface area contributed by atoms with Crippen molar-refractivity contribution in [2.45, 2.75) is 148 Å². The Morgan fingerprint density at radius 1 is 0.667 bits per heavy atom. The number of carbonyl (C=O) groups is 6. The molecule has 1 N–H and O–H groups in total. The molecule has 0 unspecified atom stereocenters. The van der Waals surface area contributed by atoms with Gasteiger partial charge in [-0.1, -0.05) is 87.1 Å². The number of unbranched alkanes of at least 4 members (excludes halogenated alkanes) is 8. The van der Waals surface area contributed by atoms with E-state index in [1.165, 1.54) is 23.0 Å². The summed E-state index contributed by atoms with van der Waals surface area (Å²) in [5.74, 6) is -1.39. The summed E-state index contributed by atoms with van der Waals surface area (Å²) in [6, 6.07) is 13.1. The number of aliphatic hydroxyl groups excluding tert-OH is 1. The molecule has 0 amide bonds. The Kier molecular flexibility index (Phi) is 29.1. The lowest BCUT2D eigenvalue weighted by atomic mass is 9.79. The standard InChI is InChI=1S/C67H85N3O13S/c1-4-20-56(78-43-16-11-12-18-45-80-63(74)6-3)22-19-46-81-64(75)52-31-33-54(34-32-52)66(77)83-58-39-35-50(55(47-58)48-68-70(41-42-71)67-69-59-23-14-15-24-61(59)84-67)36-40-60(72)51-27-29-53(30-28-51)65(76)82-57-37-25-49(26-38-57)21-13-9-7-8-10-17-44-79-62(73)5-2/h4-6,14,19-20,22-23,25-26,35,37-39,47-48,51-54,71H,1-3,7-13,15-18,21,24,27-34,36,40-46H2/b22-19-,56-20+,68-48+/t51-,52-,53-,54-. The van der Waals surface area contributed by atoms with Crippen LogP contribution in [0.15, 0.2) is 116 Å². The number of ether oxygens (including phenoxy) is 6. The molecular weight excluding hydrogens is 1090 g/mol. The maximum absolute atomic E-state index is 13.8. The van der Waals surface area contributed by atoms with E-state index >= 15 is 0 Å². The molecule has 0 aliphatic heterocycles. The zero-order valence-electron chi connectivity index (χ0n) is 48.8. The highest BCUT2D eigenvalue weighted by atomic mass is 32.1. The Morgan fingerprint density at radius 3 is 1.85 bits per heavy atom. The Morgan fingerprint density at radius 2 is 1.24 bits per heavy atom. The van der Waals surface area contributed by atoms with Crippen molar-refractivity contribution in [3.8, 4) is 11.5 Å². The summed E-state index contributed by atoms with van der Waals surface area (Å²) < 4.78 is 33.3. The van der Waals surface area contributed by atoms with Gasteiger partial charge < -0.3 is 33.5 Å². The average Bonchev–Trinajstić information content (AvgIpc) is 4.19. The number of benzene rings is 2. The Bertz CT molecular complexity index is 2760. The molecular formula is C67H85N3O13S. The van der Waals surface area contributed by atoms with Gasteiger partial charge in [0.2, 0.25) is 5.13 Å². The SMILES string of the molecule is C=C/C=C(\C=C/COC(=O)[C@H]1CC[C@H](C(=O)Oc2ccc(CCC(=O)[C@H]3CC[C@H](C(=O)Oc4ccc(CCCCCCCCOC(=O)C=C)cc4)CC3)c(/C=N/N(CCO)c3nc4c(s3)CCC=C4)c2)CC1)OCCCCCCOC(=O)C=C. The highest BCUT2D eigenvalue weighted by Crippen LogP contribution is 2.35. The number of thiazole rings is 1. The van der Waals surface area contributed by atoms with E-state index in [2.05, 4.69) is 25.8 Å². The molecule has 1 heterocycles. The van der Waals surface area contributed by atoms with Crippen LogP contribution in [0.4, 0.5) is 5.13 Å². The van der Waals surface area contributed by atoms with Crippen molar-refractivity contribution in [1.82, 2.24) is 4.98 Å². The fourth-order valence-electron chi connectivity index (χ4n) is 10.4. The first-order chi connectivity index (χ1) is 41.0. The predicted molar refractivity (Wildman–Crippen MR) is 326 cm³/mol. The number of anilines is 1. The largest absolute Gasteiger partial charge is 0.494 e. The zero-order valence-corrected chi connectivity index (χ0v) is 49.6. The molecule has 0 saturated heterocycles. The summed E-state index contributed by atoms with van der Waals surface area (Å²) in [7, 11) is 0. The lowest BCUT2D eigenvalue weighted by molar-refractivity contribution is -0.151. The van der Waals surface area contributed by atoms with Gasteiger partial charge in [0.15, 0.2) is 0 Å². The Balaban J connectivity index is 0.958. The van der Waals surface area contributed by atoms with Gasteiger partial charge in [-0.3, -0.25) is 19.2 Å². The number of Topliss-reactive ketones (excluding diaryl/α,β-unsaturated/α-hetero) is 1. The zero-order chi connectivity index (χ0) is 59.7. The lowest BCUT2D eigenvalue weighted by Crippen LogP contribution is -2.29. The third-order valence-electron chi connectivity index (χ3n) is 15.3. The summed E-state index contributed by atoms with van der Waals surface area (Å²) in [4.78, 5) is 82.1. The average molecular weight is 1170 g/mol. The van der Waals surface area contributed by atoms with Crippen molar-refractivity contribution in [3.05, 3.63) is 138 Å². The summed E-state index contributed by atoms with van der Waals surface area (Å²) in [6.45, 7) is 12.0. The number of aromatic nitrogens is 1. The van der Waals surface area contributed by atoms with Crippen LogP contribution in [0.1, 0.15) is 156 Å². The van der Waals surface area contributed by atoms with Crippen LogP contribution < -0.4 is 14.5 Å². The monoisotopic (exact) mass is 1170 g/mol. The second kappa shape index (κ2) is 37.2. The molecule has 452 valence electrons. The quantitative estimate of drug-likeness (QED) is 0.00656. The molecule has 17 heteroatoms. The number of allylic oxidation sites excluding steroid dienone is 4. The fraction of sp³-hybridized carbons (Fsp3) is 0.493. The van der Waals surface area contributed by atoms with Crippen molar-refractivity contribution in [3.63, 3.8) is 0 Å². The smallest absolute Gasteiger partial charge is 0.330 e.